The number of nitrogens with zero attached hydrogens (tertiary/aromatic N) is 2. The van der Waals surface area contributed by atoms with Crippen LogP contribution in [0.1, 0.15) is 20.8 Å². The predicted octanol–water partition coefficient (Wildman–Crippen LogP) is 2.34. The molecule has 0 aliphatic heterocycles. The molecule has 0 aliphatic carbocycles. The second-order valence-corrected chi connectivity index (χ2v) is 4.98. The first-order chi connectivity index (χ1) is 9.93. The van der Waals surface area contributed by atoms with Crippen molar-refractivity contribution in [2.45, 2.75) is 0 Å². The molecule has 6 nitrogen and oxygen atoms in total. The van der Waals surface area contributed by atoms with Crippen molar-refractivity contribution in [2.75, 3.05) is 12.4 Å². The third-order valence-corrected chi connectivity index (χ3v) is 3.53. The maximum atomic E-state index is 12.2. The highest BCUT2D eigenvalue weighted by Crippen LogP contribution is 2.26. The first-order valence-corrected chi connectivity index (χ1v) is 6.70. The Labute approximate surface area is 131 Å². The smallest absolute Gasteiger partial charge is 0.273 e. The maximum absolute atomic E-state index is 12.2. The Morgan fingerprint density at radius 2 is 1.95 bits per heavy atom. The molecule has 0 atom stereocenters. The van der Waals surface area contributed by atoms with Crippen LogP contribution in [0.25, 0.3) is 0 Å². The molecule has 2 N–H and O–H groups in total. The number of halogens is 2. The lowest BCUT2D eigenvalue weighted by atomic mass is 10.2. The van der Waals surface area contributed by atoms with Gasteiger partial charge in [-0.2, -0.15) is 5.10 Å². The van der Waals surface area contributed by atoms with E-state index >= 15 is 0 Å². The van der Waals surface area contributed by atoms with E-state index in [4.69, 9.17) is 23.2 Å². The number of carbonyl (C=O) groups is 2. The minimum Gasteiger partial charge on any atom is -0.354 e. The molecule has 0 unspecified atom stereocenters. The van der Waals surface area contributed by atoms with Crippen LogP contribution < -0.4 is 10.6 Å². The molecule has 2 rings (SSSR count). The summed E-state index contributed by atoms with van der Waals surface area (Å²) in [6, 6.07) is 4.74. The molecule has 1 aromatic carbocycles. The summed E-state index contributed by atoms with van der Waals surface area (Å²) >= 11 is 11.9. The van der Waals surface area contributed by atoms with Gasteiger partial charge in [0.15, 0.2) is 5.69 Å². The molecule has 110 valence electrons. The third kappa shape index (κ3) is 3.17. The summed E-state index contributed by atoms with van der Waals surface area (Å²) in [7, 11) is 3.13. The zero-order chi connectivity index (χ0) is 15.6. The number of rotatable bonds is 3. The largest absolute Gasteiger partial charge is 0.354 e. The topological polar surface area (TPSA) is 76.0 Å². The molecule has 2 amide bonds. The van der Waals surface area contributed by atoms with Crippen molar-refractivity contribution in [1.82, 2.24) is 15.1 Å². The summed E-state index contributed by atoms with van der Waals surface area (Å²) in [6.07, 6.45) is 1.53. The summed E-state index contributed by atoms with van der Waals surface area (Å²) in [5.41, 5.74) is 0.625. The Morgan fingerprint density at radius 1 is 1.24 bits per heavy atom. The third-order valence-electron chi connectivity index (χ3n) is 2.72. The fourth-order valence-corrected chi connectivity index (χ4v) is 2.12. The lowest BCUT2D eigenvalue weighted by molar-refractivity contribution is 0.0958. The number of hydrogen-bond acceptors (Lipinski definition) is 3. The molecule has 0 fully saturated rings. The van der Waals surface area contributed by atoms with Gasteiger partial charge >= 0.3 is 0 Å². The second kappa shape index (κ2) is 6.15. The standard InChI is InChI=1S/C13H12Cl2N4O2/c1-16-13(21)11-9(6-19(2)18-11)17-12(20)7-4-3-5-8(14)10(7)15/h3-6H,1-2H3,(H,16,21)(H,17,20). The van der Waals surface area contributed by atoms with Gasteiger partial charge in [-0.05, 0) is 12.1 Å². The SMILES string of the molecule is CNC(=O)c1nn(C)cc1NC(=O)c1cccc(Cl)c1Cl. The van der Waals surface area contributed by atoms with Crippen molar-refractivity contribution in [1.29, 1.82) is 0 Å². The lowest BCUT2D eigenvalue weighted by Crippen LogP contribution is -2.21. The number of hydrogen-bond donors (Lipinski definition) is 2. The molecular weight excluding hydrogens is 315 g/mol. The summed E-state index contributed by atoms with van der Waals surface area (Å²) in [5.74, 6) is -0.872. The normalized spacial score (nSPS) is 10.3. The van der Waals surface area contributed by atoms with Crippen molar-refractivity contribution < 1.29 is 9.59 Å². The van der Waals surface area contributed by atoms with E-state index in [1.807, 2.05) is 0 Å². The van der Waals surface area contributed by atoms with E-state index in [0.717, 1.165) is 0 Å². The number of amides is 2. The highest BCUT2D eigenvalue weighted by atomic mass is 35.5. The van der Waals surface area contributed by atoms with Crippen LogP contribution in [-0.4, -0.2) is 28.6 Å². The second-order valence-electron chi connectivity index (χ2n) is 4.20. The average Bonchev–Trinajstić information content (AvgIpc) is 2.81. The van der Waals surface area contributed by atoms with Crippen LogP contribution in [-0.2, 0) is 7.05 Å². The molecule has 8 heteroatoms. The van der Waals surface area contributed by atoms with Crippen LogP contribution in [0.5, 0.6) is 0 Å². The zero-order valence-electron chi connectivity index (χ0n) is 11.3. The molecular formula is C13H12Cl2N4O2. The quantitative estimate of drug-likeness (QED) is 0.908. The van der Waals surface area contributed by atoms with Crippen molar-refractivity contribution >= 4 is 40.7 Å². The van der Waals surface area contributed by atoms with Gasteiger partial charge in [0, 0.05) is 20.3 Å². The van der Waals surface area contributed by atoms with Crippen LogP contribution in [0.15, 0.2) is 24.4 Å². The highest BCUT2D eigenvalue weighted by molar-refractivity contribution is 6.44. The van der Waals surface area contributed by atoms with Gasteiger partial charge in [-0.15, -0.1) is 0 Å². The number of carbonyl (C=O) groups excluding carboxylic acids is 2. The first kappa shape index (κ1) is 15.3. The van der Waals surface area contributed by atoms with E-state index in [1.165, 1.54) is 17.9 Å². The molecule has 0 saturated heterocycles. The predicted molar refractivity (Wildman–Crippen MR) is 81.0 cm³/mol. The van der Waals surface area contributed by atoms with Crippen molar-refractivity contribution in [3.63, 3.8) is 0 Å². The van der Waals surface area contributed by atoms with Gasteiger partial charge in [0.05, 0.1) is 21.3 Å². The van der Waals surface area contributed by atoms with E-state index in [0.29, 0.717) is 0 Å². The number of nitrogens with one attached hydrogen (secondary N) is 2. The van der Waals surface area contributed by atoms with E-state index in [1.54, 1.807) is 25.2 Å². The number of anilines is 1. The number of benzene rings is 1. The molecule has 0 spiro atoms. The molecule has 1 heterocycles. The van der Waals surface area contributed by atoms with E-state index in [9.17, 15) is 9.59 Å². The summed E-state index contributed by atoms with van der Waals surface area (Å²) in [6.45, 7) is 0. The minimum absolute atomic E-state index is 0.117. The minimum atomic E-state index is -0.472. The Hall–Kier alpha value is -2.05. The fourth-order valence-electron chi connectivity index (χ4n) is 1.73. The first-order valence-electron chi connectivity index (χ1n) is 5.95. The van der Waals surface area contributed by atoms with Crippen molar-refractivity contribution in [3.8, 4) is 0 Å². The number of aryl methyl sites for hydroxylation is 1. The Balaban J connectivity index is 2.32. The van der Waals surface area contributed by atoms with Gasteiger partial charge in [0.25, 0.3) is 11.8 Å². The molecule has 21 heavy (non-hydrogen) atoms. The molecule has 2 aromatic rings. The van der Waals surface area contributed by atoms with Crippen molar-refractivity contribution in [3.05, 3.63) is 45.7 Å². The Bertz CT molecular complexity index is 712. The molecule has 0 aliphatic rings. The van der Waals surface area contributed by atoms with Crippen LogP contribution in [0.4, 0.5) is 5.69 Å². The van der Waals surface area contributed by atoms with Crippen molar-refractivity contribution in [2.24, 2.45) is 7.05 Å². The zero-order valence-corrected chi connectivity index (χ0v) is 12.8. The Morgan fingerprint density at radius 3 is 2.62 bits per heavy atom. The van der Waals surface area contributed by atoms with Gasteiger partial charge in [0.2, 0.25) is 0 Å². The van der Waals surface area contributed by atoms with Gasteiger partial charge in [0.1, 0.15) is 0 Å². The Kier molecular flexibility index (Phi) is 4.50. The molecule has 1 aromatic heterocycles. The van der Waals surface area contributed by atoms with Crippen LogP contribution >= 0.6 is 23.2 Å². The monoisotopic (exact) mass is 326 g/mol. The van der Waals surface area contributed by atoms with Crippen LogP contribution in [0.2, 0.25) is 10.0 Å². The van der Waals surface area contributed by atoms with Crippen LogP contribution in [0.3, 0.4) is 0 Å². The van der Waals surface area contributed by atoms with Gasteiger partial charge < -0.3 is 10.6 Å². The van der Waals surface area contributed by atoms with E-state index in [2.05, 4.69) is 15.7 Å². The van der Waals surface area contributed by atoms with E-state index < -0.39 is 11.8 Å². The summed E-state index contributed by atoms with van der Waals surface area (Å²) in [4.78, 5) is 23.9. The number of aromatic nitrogens is 2. The maximum Gasteiger partial charge on any atom is 0.273 e. The average molecular weight is 327 g/mol. The van der Waals surface area contributed by atoms with E-state index in [-0.39, 0.29) is 27.0 Å². The lowest BCUT2D eigenvalue weighted by Gasteiger charge is -2.07. The molecule has 0 bridgehead atoms. The van der Waals surface area contributed by atoms with Crippen LogP contribution in [0, 0.1) is 0 Å². The highest BCUT2D eigenvalue weighted by Gasteiger charge is 2.19. The summed E-state index contributed by atoms with van der Waals surface area (Å²) in [5, 5.41) is 9.49. The summed E-state index contributed by atoms with van der Waals surface area (Å²) < 4.78 is 1.43. The molecule has 0 saturated carbocycles. The van der Waals surface area contributed by atoms with Gasteiger partial charge in [-0.3, -0.25) is 14.3 Å². The van der Waals surface area contributed by atoms with Gasteiger partial charge in [-0.1, -0.05) is 29.3 Å². The fraction of sp³-hybridized carbons (Fsp3) is 0.154. The molecule has 0 radical (unpaired) electrons. The van der Waals surface area contributed by atoms with Gasteiger partial charge in [-0.25, -0.2) is 0 Å².